The lowest BCUT2D eigenvalue weighted by molar-refractivity contribution is -0.154. The third-order valence-corrected chi connectivity index (χ3v) is 3.72. The largest absolute Gasteiger partial charge is 0.393 e. The first-order valence-corrected chi connectivity index (χ1v) is 5.34. The second kappa shape index (κ2) is 4.11. The molecule has 0 amide bonds. The number of esters is 2. The summed E-state index contributed by atoms with van der Waals surface area (Å²) in [7, 11) is 0. The summed E-state index contributed by atoms with van der Waals surface area (Å²) in [5, 5.41) is 0. The van der Waals surface area contributed by atoms with Gasteiger partial charge >= 0.3 is 11.9 Å². The lowest BCUT2D eigenvalue weighted by atomic mass is 9.69. The van der Waals surface area contributed by atoms with Crippen molar-refractivity contribution in [2.24, 2.45) is 11.3 Å². The third kappa shape index (κ3) is 1.68. The van der Waals surface area contributed by atoms with Crippen LogP contribution in [0.3, 0.4) is 0 Å². The van der Waals surface area contributed by atoms with Gasteiger partial charge in [-0.05, 0) is 24.7 Å². The van der Waals surface area contributed by atoms with E-state index in [4.69, 9.17) is 0 Å². The van der Waals surface area contributed by atoms with Crippen molar-refractivity contribution in [2.45, 2.75) is 46.5 Å². The molecule has 1 saturated heterocycles. The Morgan fingerprint density at radius 3 is 2.00 bits per heavy atom. The van der Waals surface area contributed by atoms with E-state index in [1.807, 2.05) is 0 Å². The van der Waals surface area contributed by atoms with Crippen LogP contribution >= 0.6 is 0 Å². The number of cyclic esters (lactones) is 2. The predicted octanol–water partition coefficient (Wildman–Crippen LogP) is 2.29. The summed E-state index contributed by atoms with van der Waals surface area (Å²) in [6.07, 6.45) is 3.04. The van der Waals surface area contributed by atoms with Gasteiger partial charge < -0.3 is 4.74 Å². The Hall–Kier alpha value is -0.860. The van der Waals surface area contributed by atoms with E-state index in [1.54, 1.807) is 0 Å². The van der Waals surface area contributed by atoms with E-state index in [0.29, 0.717) is 0 Å². The maximum Gasteiger partial charge on any atom is 0.317 e. The molecule has 1 aliphatic heterocycles. The highest BCUT2D eigenvalue weighted by Gasteiger charge is 2.46. The number of carbonyl (C=O) groups is 2. The summed E-state index contributed by atoms with van der Waals surface area (Å²) in [6, 6.07) is 0. The highest BCUT2D eigenvalue weighted by Crippen LogP contribution is 2.43. The van der Waals surface area contributed by atoms with Crippen LogP contribution in [-0.4, -0.2) is 11.9 Å². The molecule has 14 heavy (non-hydrogen) atoms. The lowest BCUT2D eigenvalue weighted by Gasteiger charge is -2.33. The van der Waals surface area contributed by atoms with E-state index < -0.39 is 0 Å². The molecule has 3 heteroatoms. The van der Waals surface area contributed by atoms with Crippen molar-refractivity contribution < 1.29 is 14.3 Å². The molecule has 3 nitrogen and oxygen atoms in total. The number of rotatable bonds is 4. The van der Waals surface area contributed by atoms with Gasteiger partial charge in [-0.2, -0.15) is 0 Å². The molecule has 0 N–H and O–H groups in total. The predicted molar refractivity (Wildman–Crippen MR) is 52.5 cm³/mol. The maximum atomic E-state index is 11.5. The summed E-state index contributed by atoms with van der Waals surface area (Å²) >= 11 is 0. The van der Waals surface area contributed by atoms with Crippen molar-refractivity contribution in [1.82, 2.24) is 0 Å². The third-order valence-electron chi connectivity index (χ3n) is 3.72. The van der Waals surface area contributed by atoms with Crippen molar-refractivity contribution in [2.75, 3.05) is 0 Å². The fourth-order valence-corrected chi connectivity index (χ4v) is 2.43. The number of ether oxygens (including phenoxy) is 1. The van der Waals surface area contributed by atoms with Crippen LogP contribution in [0.25, 0.3) is 0 Å². The molecular weight excluding hydrogens is 180 g/mol. The minimum absolute atomic E-state index is 0.0384. The van der Waals surface area contributed by atoms with Crippen LogP contribution in [0.4, 0.5) is 0 Å². The molecule has 1 heterocycles. The molecule has 0 radical (unpaired) electrons. The first-order valence-electron chi connectivity index (χ1n) is 5.34. The van der Waals surface area contributed by atoms with E-state index in [9.17, 15) is 9.59 Å². The Balaban J connectivity index is 2.88. The molecule has 1 unspecified atom stereocenters. The second-order valence-corrected chi connectivity index (χ2v) is 3.97. The molecule has 0 bridgehead atoms. The molecule has 1 rings (SSSR count). The van der Waals surface area contributed by atoms with Crippen LogP contribution in [0.5, 0.6) is 0 Å². The molecule has 0 aromatic carbocycles. The van der Waals surface area contributed by atoms with Gasteiger partial charge in [-0.25, -0.2) is 0 Å². The summed E-state index contributed by atoms with van der Waals surface area (Å²) in [5.41, 5.74) is -0.0384. The standard InChI is InChI=1S/C11H18O3/c1-4-11(5-2,6-3)8-7-9(12)14-10(8)13/h8H,4-7H2,1-3H3. The Labute approximate surface area is 84.8 Å². The lowest BCUT2D eigenvalue weighted by Crippen LogP contribution is -2.32. The van der Waals surface area contributed by atoms with Gasteiger partial charge in [0.15, 0.2) is 0 Å². The normalized spacial score (nSPS) is 22.6. The summed E-state index contributed by atoms with van der Waals surface area (Å²) in [5.74, 6) is -0.893. The van der Waals surface area contributed by atoms with Crippen LogP contribution in [0.2, 0.25) is 0 Å². The molecule has 0 aromatic heterocycles. The first kappa shape index (κ1) is 11.2. The number of carbonyl (C=O) groups excluding carboxylic acids is 2. The van der Waals surface area contributed by atoms with Gasteiger partial charge in [0, 0.05) is 0 Å². The Kier molecular flexibility index (Phi) is 3.29. The molecular formula is C11H18O3. The van der Waals surface area contributed by atoms with E-state index in [-0.39, 0.29) is 29.7 Å². The smallest absolute Gasteiger partial charge is 0.317 e. The Morgan fingerprint density at radius 2 is 1.71 bits per heavy atom. The molecule has 1 fully saturated rings. The van der Waals surface area contributed by atoms with Crippen LogP contribution in [-0.2, 0) is 14.3 Å². The summed E-state index contributed by atoms with van der Waals surface area (Å²) in [6.45, 7) is 6.22. The topological polar surface area (TPSA) is 43.4 Å². The Bertz CT molecular complexity index is 233. The molecule has 0 aromatic rings. The monoisotopic (exact) mass is 198 g/mol. The van der Waals surface area contributed by atoms with Crippen LogP contribution < -0.4 is 0 Å². The zero-order valence-electron chi connectivity index (χ0n) is 9.13. The molecule has 1 atom stereocenters. The van der Waals surface area contributed by atoms with E-state index >= 15 is 0 Å². The van der Waals surface area contributed by atoms with E-state index in [2.05, 4.69) is 25.5 Å². The van der Waals surface area contributed by atoms with Gasteiger partial charge in [-0.1, -0.05) is 20.8 Å². The molecule has 0 saturated carbocycles. The van der Waals surface area contributed by atoms with Gasteiger partial charge in [0.05, 0.1) is 12.3 Å². The molecule has 80 valence electrons. The van der Waals surface area contributed by atoms with E-state index in [0.717, 1.165) is 19.3 Å². The minimum Gasteiger partial charge on any atom is -0.393 e. The van der Waals surface area contributed by atoms with Crippen molar-refractivity contribution in [3.05, 3.63) is 0 Å². The van der Waals surface area contributed by atoms with Gasteiger partial charge in [0.25, 0.3) is 0 Å². The molecule has 1 aliphatic rings. The van der Waals surface area contributed by atoms with Crippen molar-refractivity contribution in [1.29, 1.82) is 0 Å². The van der Waals surface area contributed by atoms with Crippen LogP contribution in [0.15, 0.2) is 0 Å². The van der Waals surface area contributed by atoms with Crippen molar-refractivity contribution in [3.63, 3.8) is 0 Å². The van der Waals surface area contributed by atoms with E-state index in [1.165, 1.54) is 0 Å². The highest BCUT2D eigenvalue weighted by molar-refractivity contribution is 5.95. The molecule has 0 spiro atoms. The number of hydrogen-bond donors (Lipinski definition) is 0. The summed E-state index contributed by atoms with van der Waals surface area (Å²) in [4.78, 5) is 22.5. The highest BCUT2D eigenvalue weighted by atomic mass is 16.6. The van der Waals surface area contributed by atoms with Gasteiger partial charge in [0.2, 0.25) is 0 Å². The zero-order chi connectivity index (χ0) is 10.8. The van der Waals surface area contributed by atoms with Gasteiger partial charge in [0.1, 0.15) is 0 Å². The molecule has 0 aliphatic carbocycles. The Morgan fingerprint density at radius 1 is 1.21 bits per heavy atom. The van der Waals surface area contributed by atoms with Crippen LogP contribution in [0, 0.1) is 11.3 Å². The zero-order valence-corrected chi connectivity index (χ0v) is 9.13. The van der Waals surface area contributed by atoms with Gasteiger partial charge in [-0.3, -0.25) is 9.59 Å². The fraction of sp³-hybridized carbons (Fsp3) is 0.818. The van der Waals surface area contributed by atoms with Gasteiger partial charge in [-0.15, -0.1) is 0 Å². The SMILES string of the molecule is CCC(CC)(CC)C1CC(=O)OC1=O. The minimum atomic E-state index is -0.361. The number of hydrogen-bond acceptors (Lipinski definition) is 3. The summed E-state index contributed by atoms with van der Waals surface area (Å²) < 4.78 is 4.61. The van der Waals surface area contributed by atoms with Crippen molar-refractivity contribution >= 4 is 11.9 Å². The average Bonchev–Trinajstić information content (AvgIpc) is 2.51. The quantitative estimate of drug-likeness (QED) is 0.514. The van der Waals surface area contributed by atoms with Crippen molar-refractivity contribution in [3.8, 4) is 0 Å². The first-order chi connectivity index (χ1) is 6.59. The fourth-order valence-electron chi connectivity index (χ4n) is 2.43. The maximum absolute atomic E-state index is 11.5. The van der Waals surface area contributed by atoms with Crippen LogP contribution in [0.1, 0.15) is 46.5 Å². The second-order valence-electron chi connectivity index (χ2n) is 3.97. The average molecular weight is 198 g/mol.